The van der Waals surface area contributed by atoms with Crippen LogP contribution in [-0.4, -0.2) is 16.3 Å². The van der Waals surface area contributed by atoms with E-state index >= 15 is 0 Å². The van der Waals surface area contributed by atoms with E-state index < -0.39 is 0 Å². The van der Waals surface area contributed by atoms with Gasteiger partial charge in [-0.15, -0.1) is 0 Å². The maximum absolute atomic E-state index is 5.12. The minimum Gasteiger partial charge on any atom is -0.314 e. The van der Waals surface area contributed by atoms with Crippen LogP contribution in [0.3, 0.4) is 0 Å². The molecule has 2 heterocycles. The molecule has 1 aromatic heterocycles. The second-order valence-corrected chi connectivity index (χ2v) is 6.17. The maximum Gasteiger partial charge on any atom is 0.0911 e. The molecule has 0 saturated heterocycles. The highest BCUT2D eigenvalue weighted by Gasteiger charge is 2.25. The van der Waals surface area contributed by atoms with Crippen molar-refractivity contribution in [2.24, 2.45) is 10.9 Å². The lowest BCUT2D eigenvalue weighted by Crippen LogP contribution is -2.17. The second-order valence-electron chi connectivity index (χ2n) is 6.17. The predicted molar refractivity (Wildman–Crippen MR) is 82.8 cm³/mol. The highest BCUT2D eigenvalue weighted by atomic mass is 15.0. The molecule has 0 atom stereocenters. The van der Waals surface area contributed by atoms with Crippen LogP contribution >= 0.6 is 0 Å². The van der Waals surface area contributed by atoms with E-state index in [1.807, 2.05) is 0 Å². The van der Waals surface area contributed by atoms with Crippen molar-refractivity contribution in [2.45, 2.75) is 38.6 Å². The Bertz CT molecular complexity index is 658. The molecule has 0 unspecified atom stereocenters. The quantitative estimate of drug-likeness (QED) is 0.626. The molecule has 1 fully saturated rings. The lowest BCUT2D eigenvalue weighted by molar-refractivity contribution is 0.349. The molecule has 1 aliphatic heterocycles. The molecule has 2 aliphatic rings. The zero-order chi connectivity index (χ0) is 13.5. The van der Waals surface area contributed by atoms with Crippen molar-refractivity contribution in [3.63, 3.8) is 0 Å². The van der Waals surface area contributed by atoms with Crippen molar-refractivity contribution in [3.05, 3.63) is 53.9 Å². The fourth-order valence-corrected chi connectivity index (χ4v) is 3.50. The minimum absolute atomic E-state index is 0.510. The SMILES string of the molecule is CC1CCC(N=C2c3ccccc3-n3cccc32)CC1. The zero-order valence-corrected chi connectivity index (χ0v) is 11.9. The number of nitrogens with zero attached hydrogens (tertiary/aromatic N) is 2. The zero-order valence-electron chi connectivity index (χ0n) is 11.9. The molecule has 0 bridgehead atoms. The van der Waals surface area contributed by atoms with E-state index in [-0.39, 0.29) is 0 Å². The summed E-state index contributed by atoms with van der Waals surface area (Å²) < 4.78 is 2.26. The summed E-state index contributed by atoms with van der Waals surface area (Å²) in [7, 11) is 0. The lowest BCUT2D eigenvalue weighted by atomic mass is 9.87. The van der Waals surface area contributed by atoms with Gasteiger partial charge < -0.3 is 4.57 Å². The first kappa shape index (κ1) is 12.0. The fourth-order valence-electron chi connectivity index (χ4n) is 3.50. The Hall–Kier alpha value is -1.83. The van der Waals surface area contributed by atoms with Crippen LogP contribution in [-0.2, 0) is 0 Å². The van der Waals surface area contributed by atoms with Gasteiger partial charge in [-0.2, -0.15) is 0 Å². The second kappa shape index (κ2) is 4.62. The van der Waals surface area contributed by atoms with Gasteiger partial charge in [-0.3, -0.25) is 4.99 Å². The van der Waals surface area contributed by atoms with Gasteiger partial charge in [0.2, 0.25) is 0 Å². The lowest BCUT2D eigenvalue weighted by Gasteiger charge is -2.23. The molecule has 1 aliphatic carbocycles. The summed E-state index contributed by atoms with van der Waals surface area (Å²) in [6, 6.07) is 13.4. The monoisotopic (exact) mass is 264 g/mol. The molecule has 0 N–H and O–H groups in total. The van der Waals surface area contributed by atoms with E-state index in [2.05, 4.69) is 54.1 Å². The third kappa shape index (κ3) is 1.82. The van der Waals surface area contributed by atoms with Crippen molar-refractivity contribution in [1.82, 2.24) is 4.57 Å². The largest absolute Gasteiger partial charge is 0.314 e. The van der Waals surface area contributed by atoms with E-state index in [0.29, 0.717) is 6.04 Å². The van der Waals surface area contributed by atoms with Gasteiger partial charge in [-0.1, -0.05) is 25.1 Å². The van der Waals surface area contributed by atoms with Crippen molar-refractivity contribution in [3.8, 4) is 5.69 Å². The van der Waals surface area contributed by atoms with Crippen LogP contribution in [0.5, 0.6) is 0 Å². The first-order chi connectivity index (χ1) is 9.83. The Balaban J connectivity index is 1.75. The van der Waals surface area contributed by atoms with Gasteiger partial charge in [0.1, 0.15) is 0 Å². The molecule has 1 saturated carbocycles. The average molecular weight is 264 g/mol. The van der Waals surface area contributed by atoms with Gasteiger partial charge in [0.05, 0.1) is 23.1 Å². The van der Waals surface area contributed by atoms with Crippen LogP contribution in [0.4, 0.5) is 0 Å². The Morgan fingerprint density at radius 2 is 1.80 bits per heavy atom. The number of aromatic nitrogens is 1. The van der Waals surface area contributed by atoms with Crippen LogP contribution in [0.15, 0.2) is 47.6 Å². The molecule has 0 spiro atoms. The van der Waals surface area contributed by atoms with E-state index in [0.717, 1.165) is 5.92 Å². The van der Waals surface area contributed by atoms with Crippen LogP contribution in [0.2, 0.25) is 0 Å². The van der Waals surface area contributed by atoms with Crippen molar-refractivity contribution in [2.75, 3.05) is 0 Å². The van der Waals surface area contributed by atoms with E-state index in [1.165, 1.54) is 48.3 Å². The summed E-state index contributed by atoms with van der Waals surface area (Å²) in [6.07, 6.45) is 7.27. The number of hydrogen-bond acceptors (Lipinski definition) is 1. The molecule has 20 heavy (non-hydrogen) atoms. The molecule has 4 rings (SSSR count). The average Bonchev–Trinajstić information content (AvgIpc) is 3.05. The first-order valence-corrected chi connectivity index (χ1v) is 7.68. The van der Waals surface area contributed by atoms with Crippen molar-refractivity contribution >= 4 is 5.71 Å². The normalized spacial score (nSPS) is 26.6. The maximum atomic E-state index is 5.12. The Morgan fingerprint density at radius 3 is 2.65 bits per heavy atom. The molecular formula is C18H20N2. The highest BCUT2D eigenvalue weighted by molar-refractivity contribution is 6.17. The molecule has 102 valence electrons. The Kier molecular flexibility index (Phi) is 2.76. The van der Waals surface area contributed by atoms with Crippen molar-refractivity contribution < 1.29 is 0 Å². The number of rotatable bonds is 1. The summed E-state index contributed by atoms with van der Waals surface area (Å²) in [4.78, 5) is 5.12. The van der Waals surface area contributed by atoms with Crippen LogP contribution in [0.1, 0.15) is 43.9 Å². The standard InChI is InChI=1S/C18H20N2/c1-13-8-10-14(11-9-13)19-18-15-5-2-3-6-16(15)20-12-4-7-17(18)20/h2-7,12-14H,8-11H2,1H3. The third-order valence-electron chi connectivity index (χ3n) is 4.71. The summed E-state index contributed by atoms with van der Waals surface area (Å²) in [6.45, 7) is 2.36. The number of benzene rings is 1. The molecule has 1 aromatic carbocycles. The Labute approximate surface area is 120 Å². The van der Waals surface area contributed by atoms with Crippen LogP contribution < -0.4 is 0 Å². The third-order valence-corrected chi connectivity index (χ3v) is 4.71. The number of fused-ring (bicyclic) bond motifs is 3. The van der Waals surface area contributed by atoms with Gasteiger partial charge in [-0.25, -0.2) is 0 Å². The van der Waals surface area contributed by atoms with Gasteiger partial charge >= 0.3 is 0 Å². The summed E-state index contributed by atoms with van der Waals surface area (Å²) in [5.41, 5.74) is 5.02. The van der Waals surface area contributed by atoms with Gasteiger partial charge in [-0.05, 0) is 49.8 Å². The number of para-hydroxylation sites is 1. The van der Waals surface area contributed by atoms with Crippen molar-refractivity contribution in [1.29, 1.82) is 0 Å². The topological polar surface area (TPSA) is 17.3 Å². The van der Waals surface area contributed by atoms with Crippen LogP contribution in [0, 0.1) is 5.92 Å². The van der Waals surface area contributed by atoms with E-state index in [9.17, 15) is 0 Å². The molecular weight excluding hydrogens is 244 g/mol. The minimum atomic E-state index is 0.510. The predicted octanol–water partition coefficient (Wildman–Crippen LogP) is 4.21. The van der Waals surface area contributed by atoms with Gasteiger partial charge in [0.25, 0.3) is 0 Å². The molecule has 0 amide bonds. The summed E-state index contributed by atoms with van der Waals surface area (Å²) >= 11 is 0. The fraction of sp³-hybridized carbons (Fsp3) is 0.389. The highest BCUT2D eigenvalue weighted by Crippen LogP contribution is 2.31. The number of aliphatic imine (C=N–C) groups is 1. The Morgan fingerprint density at radius 1 is 1.00 bits per heavy atom. The van der Waals surface area contributed by atoms with E-state index in [1.54, 1.807) is 0 Å². The first-order valence-electron chi connectivity index (χ1n) is 7.68. The summed E-state index contributed by atoms with van der Waals surface area (Å²) in [5, 5.41) is 0. The van der Waals surface area contributed by atoms with Gasteiger partial charge in [0, 0.05) is 11.8 Å². The molecule has 2 heteroatoms. The smallest absolute Gasteiger partial charge is 0.0911 e. The van der Waals surface area contributed by atoms with Crippen LogP contribution in [0.25, 0.3) is 5.69 Å². The van der Waals surface area contributed by atoms with E-state index in [4.69, 9.17) is 4.99 Å². The summed E-state index contributed by atoms with van der Waals surface area (Å²) in [5.74, 6) is 0.881. The molecule has 0 radical (unpaired) electrons. The van der Waals surface area contributed by atoms with Gasteiger partial charge in [0.15, 0.2) is 0 Å². The molecule has 2 nitrogen and oxygen atoms in total. The number of hydrogen-bond donors (Lipinski definition) is 0. The molecule has 2 aromatic rings.